The van der Waals surface area contributed by atoms with E-state index in [0.717, 1.165) is 18.5 Å². The molecule has 1 atom stereocenters. The molecule has 1 aliphatic rings. The zero-order chi connectivity index (χ0) is 8.72. The minimum absolute atomic E-state index is 0.361. The molecule has 1 heterocycles. The summed E-state index contributed by atoms with van der Waals surface area (Å²) >= 11 is 0. The number of alkyl halides is 1. The quantitative estimate of drug-likeness (QED) is 0.637. The van der Waals surface area contributed by atoms with Gasteiger partial charge in [-0.05, 0) is 19.3 Å². The minimum atomic E-state index is -0.901. The van der Waals surface area contributed by atoms with Gasteiger partial charge in [0.1, 0.15) is 6.17 Å². The molecule has 1 aromatic heterocycles. The van der Waals surface area contributed by atoms with Crippen LogP contribution in [-0.2, 0) is 13.5 Å². The van der Waals surface area contributed by atoms with Crippen LogP contribution in [0.5, 0.6) is 0 Å². The summed E-state index contributed by atoms with van der Waals surface area (Å²) < 4.78 is 15.0. The minimum Gasteiger partial charge on any atom is -0.382 e. The fourth-order valence-electron chi connectivity index (χ4n) is 1.83. The fraction of sp³-hybridized carbons (Fsp3) is 0.625. The number of nitrogens with two attached hydrogens (primary N) is 1. The molecule has 0 aromatic carbocycles. The smallest absolute Gasteiger partial charge is 0.151 e. The van der Waals surface area contributed by atoms with Crippen LogP contribution >= 0.6 is 0 Å². The van der Waals surface area contributed by atoms with Gasteiger partial charge in [-0.15, -0.1) is 0 Å². The van der Waals surface area contributed by atoms with Gasteiger partial charge in [-0.25, -0.2) is 4.39 Å². The third-order valence-corrected chi connectivity index (χ3v) is 2.42. The summed E-state index contributed by atoms with van der Waals surface area (Å²) in [6.07, 6.45) is 1.48. The second kappa shape index (κ2) is 2.47. The Morgan fingerprint density at radius 2 is 2.42 bits per heavy atom. The van der Waals surface area contributed by atoms with Gasteiger partial charge in [0.05, 0.1) is 5.56 Å². The number of rotatable bonds is 0. The van der Waals surface area contributed by atoms with Crippen LogP contribution in [0, 0.1) is 0 Å². The number of aromatic nitrogens is 2. The molecular weight excluding hydrogens is 157 g/mol. The first kappa shape index (κ1) is 7.58. The number of aryl methyl sites for hydroxylation is 1. The van der Waals surface area contributed by atoms with E-state index in [1.54, 1.807) is 4.68 Å². The molecule has 2 N–H and O–H groups in total. The maximum Gasteiger partial charge on any atom is 0.151 e. The van der Waals surface area contributed by atoms with E-state index >= 15 is 0 Å². The van der Waals surface area contributed by atoms with Gasteiger partial charge < -0.3 is 5.73 Å². The van der Waals surface area contributed by atoms with E-state index in [4.69, 9.17) is 5.73 Å². The summed E-state index contributed by atoms with van der Waals surface area (Å²) in [5, 5.41) is 4.00. The zero-order valence-electron chi connectivity index (χ0n) is 7.05. The lowest BCUT2D eigenvalue weighted by Gasteiger charge is -2.15. The van der Waals surface area contributed by atoms with Gasteiger partial charge in [0.25, 0.3) is 0 Å². The molecule has 0 saturated heterocycles. The molecule has 0 amide bonds. The third kappa shape index (κ3) is 0.906. The molecular formula is C8H12FN3. The van der Waals surface area contributed by atoms with Crippen molar-refractivity contribution in [1.29, 1.82) is 0 Å². The lowest BCUT2D eigenvalue weighted by Crippen LogP contribution is -2.08. The van der Waals surface area contributed by atoms with E-state index in [1.807, 2.05) is 7.05 Å². The molecule has 1 aliphatic carbocycles. The Morgan fingerprint density at radius 1 is 1.67 bits per heavy atom. The van der Waals surface area contributed by atoms with E-state index < -0.39 is 6.17 Å². The summed E-state index contributed by atoms with van der Waals surface area (Å²) in [7, 11) is 1.81. The van der Waals surface area contributed by atoms with Crippen molar-refractivity contribution in [3.05, 3.63) is 11.3 Å². The van der Waals surface area contributed by atoms with Gasteiger partial charge in [-0.3, -0.25) is 4.68 Å². The number of hydrogen-bond acceptors (Lipinski definition) is 2. The van der Waals surface area contributed by atoms with E-state index in [2.05, 4.69) is 5.10 Å². The summed E-state index contributed by atoms with van der Waals surface area (Å²) in [5.41, 5.74) is 7.17. The van der Waals surface area contributed by atoms with Crippen LogP contribution in [0.4, 0.5) is 10.2 Å². The Hall–Kier alpha value is -1.06. The predicted octanol–water partition coefficient (Wildman–Crippen LogP) is 1.35. The van der Waals surface area contributed by atoms with Gasteiger partial charge >= 0.3 is 0 Å². The van der Waals surface area contributed by atoms with Gasteiger partial charge in [0.15, 0.2) is 5.82 Å². The maximum absolute atomic E-state index is 13.3. The second-order valence-electron chi connectivity index (χ2n) is 3.23. The van der Waals surface area contributed by atoms with Gasteiger partial charge in [-0.1, -0.05) is 0 Å². The van der Waals surface area contributed by atoms with E-state index in [9.17, 15) is 4.39 Å². The monoisotopic (exact) mass is 169 g/mol. The first-order valence-corrected chi connectivity index (χ1v) is 4.15. The highest BCUT2D eigenvalue weighted by Gasteiger charge is 2.26. The first-order valence-electron chi connectivity index (χ1n) is 4.15. The summed E-state index contributed by atoms with van der Waals surface area (Å²) in [4.78, 5) is 0. The van der Waals surface area contributed by atoms with Gasteiger partial charge in [-0.2, -0.15) is 5.10 Å². The molecule has 0 bridgehead atoms. The Bertz CT molecular complexity index is 305. The van der Waals surface area contributed by atoms with Crippen LogP contribution in [0.1, 0.15) is 30.3 Å². The molecule has 2 rings (SSSR count). The van der Waals surface area contributed by atoms with Crippen LogP contribution in [-0.4, -0.2) is 9.78 Å². The highest BCUT2D eigenvalue weighted by molar-refractivity contribution is 5.45. The van der Waals surface area contributed by atoms with Crippen LogP contribution in [0.25, 0.3) is 0 Å². The number of anilines is 1. The zero-order valence-corrected chi connectivity index (χ0v) is 7.05. The number of nitrogens with zero attached hydrogens (tertiary/aromatic N) is 2. The maximum atomic E-state index is 13.3. The Balaban J connectivity index is 2.55. The van der Waals surface area contributed by atoms with Crippen LogP contribution in [0.15, 0.2) is 0 Å². The van der Waals surface area contributed by atoms with Crippen molar-refractivity contribution in [2.24, 2.45) is 7.05 Å². The molecule has 3 nitrogen and oxygen atoms in total. The SMILES string of the molecule is Cn1nc(N)c2c1CCCC2F. The number of halogens is 1. The third-order valence-electron chi connectivity index (χ3n) is 2.42. The molecule has 12 heavy (non-hydrogen) atoms. The lowest BCUT2D eigenvalue weighted by molar-refractivity contribution is 0.301. The normalized spacial score (nSPS) is 22.3. The average Bonchev–Trinajstić information content (AvgIpc) is 2.29. The number of fused-ring (bicyclic) bond motifs is 1. The first-order chi connectivity index (χ1) is 5.70. The van der Waals surface area contributed by atoms with Crippen LogP contribution in [0.3, 0.4) is 0 Å². The molecule has 0 aliphatic heterocycles. The average molecular weight is 169 g/mol. The van der Waals surface area contributed by atoms with Gasteiger partial charge in [0.2, 0.25) is 0 Å². The topological polar surface area (TPSA) is 43.8 Å². The van der Waals surface area contributed by atoms with E-state index in [0.29, 0.717) is 17.8 Å². The van der Waals surface area contributed by atoms with Crippen LogP contribution in [0.2, 0.25) is 0 Å². The second-order valence-corrected chi connectivity index (χ2v) is 3.23. The van der Waals surface area contributed by atoms with Crippen molar-refractivity contribution < 1.29 is 4.39 Å². The molecule has 4 heteroatoms. The van der Waals surface area contributed by atoms with Crippen molar-refractivity contribution in [2.45, 2.75) is 25.4 Å². The molecule has 0 spiro atoms. The molecule has 0 saturated carbocycles. The Kier molecular flexibility index (Phi) is 1.56. The molecule has 0 fully saturated rings. The molecule has 66 valence electrons. The summed E-state index contributed by atoms with van der Waals surface area (Å²) in [6, 6.07) is 0. The predicted molar refractivity (Wildman–Crippen MR) is 44.4 cm³/mol. The number of nitrogen functional groups attached to an aromatic ring is 1. The largest absolute Gasteiger partial charge is 0.382 e. The summed E-state index contributed by atoms with van der Waals surface area (Å²) in [6.45, 7) is 0. The Labute approximate surface area is 70.4 Å². The van der Waals surface area contributed by atoms with Crippen LogP contribution < -0.4 is 5.73 Å². The van der Waals surface area contributed by atoms with Crippen molar-refractivity contribution >= 4 is 5.82 Å². The summed E-state index contributed by atoms with van der Waals surface area (Å²) in [5.74, 6) is 0.361. The highest BCUT2D eigenvalue weighted by atomic mass is 19.1. The van der Waals surface area contributed by atoms with Gasteiger partial charge in [0, 0.05) is 12.7 Å². The van der Waals surface area contributed by atoms with E-state index in [-0.39, 0.29) is 0 Å². The van der Waals surface area contributed by atoms with Crippen molar-refractivity contribution in [1.82, 2.24) is 9.78 Å². The molecule has 1 aromatic rings. The lowest BCUT2D eigenvalue weighted by atomic mass is 9.96. The van der Waals surface area contributed by atoms with Crippen molar-refractivity contribution in [3.8, 4) is 0 Å². The fourth-order valence-corrected chi connectivity index (χ4v) is 1.83. The van der Waals surface area contributed by atoms with Crippen molar-refractivity contribution in [3.63, 3.8) is 0 Å². The number of hydrogen-bond donors (Lipinski definition) is 1. The van der Waals surface area contributed by atoms with E-state index in [1.165, 1.54) is 0 Å². The standard InChI is InChI=1S/C8H12FN3/c1-12-6-4-2-3-5(9)7(6)8(10)11-12/h5H,2-4H2,1H3,(H2,10,11). The molecule has 0 radical (unpaired) electrons. The molecule has 1 unspecified atom stereocenters. The van der Waals surface area contributed by atoms with Crippen molar-refractivity contribution in [2.75, 3.05) is 5.73 Å². The Morgan fingerprint density at radius 3 is 3.08 bits per heavy atom. The highest BCUT2D eigenvalue weighted by Crippen LogP contribution is 2.35.